The molecule has 9 nitrogen and oxygen atoms in total. The highest BCUT2D eigenvalue weighted by Gasteiger charge is 2.07. The Morgan fingerprint density at radius 3 is 2.70 bits per heavy atom. The first-order valence-electron chi connectivity index (χ1n) is 8.19. The molecule has 0 aliphatic carbocycles. The van der Waals surface area contributed by atoms with Gasteiger partial charge in [0.2, 0.25) is 5.91 Å². The van der Waals surface area contributed by atoms with E-state index < -0.39 is 0 Å². The molecule has 0 fully saturated rings. The Balaban J connectivity index is 1.47. The highest BCUT2D eigenvalue weighted by atomic mass is 16.2. The van der Waals surface area contributed by atoms with Crippen LogP contribution in [-0.4, -0.2) is 35.3 Å². The summed E-state index contributed by atoms with van der Waals surface area (Å²) in [6.07, 6.45) is 2.91. The van der Waals surface area contributed by atoms with Gasteiger partial charge in [0.05, 0.1) is 12.0 Å². The average Bonchev–Trinajstić information content (AvgIpc) is 3.12. The molecule has 0 aliphatic rings. The zero-order valence-corrected chi connectivity index (χ0v) is 14.4. The largest absolute Gasteiger partial charge is 0.325 e. The molecule has 9 heteroatoms. The summed E-state index contributed by atoms with van der Waals surface area (Å²) in [5.41, 5.74) is 3.31. The fraction of sp³-hybridized carbons (Fsp3) is 0.111. The van der Waals surface area contributed by atoms with Crippen molar-refractivity contribution in [3.8, 4) is 11.3 Å². The van der Waals surface area contributed by atoms with Crippen LogP contribution in [0.15, 0.2) is 59.9 Å². The number of nitrogens with zero attached hydrogens (tertiary/aromatic N) is 6. The quantitative estimate of drug-likeness (QED) is 0.587. The SMILES string of the molecule is Cc1cc(=O)n(CC(=O)Nc2ccc(-c3ccc4nncn4n3)cc2)cn1. The fourth-order valence-electron chi connectivity index (χ4n) is 2.60. The standard InChI is InChI=1S/C18H15N7O2/c1-12-8-18(27)24(10-19-12)9-17(26)21-14-4-2-13(3-5-14)15-6-7-16-22-20-11-25(16)23-15/h2-8,10-11H,9H2,1H3,(H,21,26). The maximum absolute atomic E-state index is 12.2. The Morgan fingerprint density at radius 1 is 1.11 bits per heavy atom. The van der Waals surface area contributed by atoms with Gasteiger partial charge in [0.25, 0.3) is 5.56 Å². The number of hydrogen-bond acceptors (Lipinski definition) is 6. The molecule has 1 amide bonds. The van der Waals surface area contributed by atoms with Crippen molar-refractivity contribution in [2.45, 2.75) is 13.5 Å². The molecule has 0 spiro atoms. The average molecular weight is 361 g/mol. The number of fused-ring (bicyclic) bond motifs is 1. The molecule has 1 N–H and O–H groups in total. The molecule has 0 radical (unpaired) electrons. The number of amides is 1. The van der Waals surface area contributed by atoms with Crippen LogP contribution in [0.25, 0.3) is 16.9 Å². The summed E-state index contributed by atoms with van der Waals surface area (Å²) in [7, 11) is 0. The first-order valence-corrected chi connectivity index (χ1v) is 8.19. The number of nitrogens with one attached hydrogen (secondary N) is 1. The molecule has 27 heavy (non-hydrogen) atoms. The Hall–Kier alpha value is -3.88. The Morgan fingerprint density at radius 2 is 1.93 bits per heavy atom. The van der Waals surface area contributed by atoms with E-state index in [1.54, 1.807) is 23.6 Å². The van der Waals surface area contributed by atoms with E-state index in [4.69, 9.17) is 0 Å². The number of carbonyl (C=O) groups is 1. The summed E-state index contributed by atoms with van der Waals surface area (Å²) >= 11 is 0. The number of aromatic nitrogens is 6. The van der Waals surface area contributed by atoms with E-state index in [1.807, 2.05) is 24.3 Å². The van der Waals surface area contributed by atoms with Crippen LogP contribution in [0.2, 0.25) is 0 Å². The summed E-state index contributed by atoms with van der Waals surface area (Å²) in [5, 5.41) is 14.9. The van der Waals surface area contributed by atoms with Crippen molar-refractivity contribution in [2.75, 3.05) is 5.32 Å². The number of benzene rings is 1. The van der Waals surface area contributed by atoms with Crippen molar-refractivity contribution in [1.29, 1.82) is 0 Å². The minimum atomic E-state index is -0.306. The monoisotopic (exact) mass is 361 g/mol. The molecule has 3 aromatic heterocycles. The van der Waals surface area contributed by atoms with Crippen molar-refractivity contribution in [3.05, 3.63) is 71.2 Å². The van der Waals surface area contributed by atoms with Crippen molar-refractivity contribution in [3.63, 3.8) is 0 Å². The first-order chi connectivity index (χ1) is 13.1. The maximum Gasteiger partial charge on any atom is 0.253 e. The lowest BCUT2D eigenvalue weighted by molar-refractivity contribution is -0.116. The van der Waals surface area contributed by atoms with Gasteiger partial charge in [-0.15, -0.1) is 10.2 Å². The third kappa shape index (κ3) is 3.56. The molecule has 0 unspecified atom stereocenters. The van der Waals surface area contributed by atoms with Gasteiger partial charge in [-0.3, -0.25) is 14.2 Å². The molecule has 134 valence electrons. The lowest BCUT2D eigenvalue weighted by Crippen LogP contribution is -2.27. The molecular formula is C18H15N7O2. The predicted octanol–water partition coefficient (Wildman–Crippen LogP) is 1.30. The van der Waals surface area contributed by atoms with E-state index in [1.165, 1.54) is 23.3 Å². The molecule has 4 rings (SSSR count). The van der Waals surface area contributed by atoms with Gasteiger partial charge in [-0.05, 0) is 31.2 Å². The van der Waals surface area contributed by atoms with E-state index in [0.717, 1.165) is 11.3 Å². The summed E-state index contributed by atoms with van der Waals surface area (Å²) in [6, 6.07) is 12.3. The first kappa shape index (κ1) is 16.6. The molecule has 0 aliphatic heterocycles. The van der Waals surface area contributed by atoms with Crippen molar-refractivity contribution >= 4 is 17.2 Å². The third-order valence-corrected chi connectivity index (χ3v) is 3.96. The van der Waals surface area contributed by atoms with Gasteiger partial charge in [-0.2, -0.15) is 9.61 Å². The maximum atomic E-state index is 12.2. The summed E-state index contributed by atoms with van der Waals surface area (Å²) in [4.78, 5) is 28.0. The van der Waals surface area contributed by atoms with Crippen molar-refractivity contribution in [2.24, 2.45) is 0 Å². The molecule has 0 atom stereocenters. The van der Waals surface area contributed by atoms with Crippen LogP contribution >= 0.6 is 0 Å². The Labute approximate surface area is 153 Å². The van der Waals surface area contributed by atoms with Crippen LogP contribution in [0.5, 0.6) is 0 Å². The normalized spacial score (nSPS) is 10.9. The zero-order valence-electron chi connectivity index (χ0n) is 14.4. The third-order valence-electron chi connectivity index (χ3n) is 3.96. The summed E-state index contributed by atoms with van der Waals surface area (Å²) < 4.78 is 2.85. The Kier molecular flexibility index (Phi) is 4.17. The molecule has 0 saturated heterocycles. The highest BCUT2D eigenvalue weighted by Crippen LogP contribution is 2.19. The summed E-state index contributed by atoms with van der Waals surface area (Å²) in [5.74, 6) is -0.306. The van der Waals surface area contributed by atoms with E-state index in [2.05, 4.69) is 25.6 Å². The van der Waals surface area contributed by atoms with Gasteiger partial charge in [-0.25, -0.2) is 4.98 Å². The van der Waals surface area contributed by atoms with E-state index in [0.29, 0.717) is 17.0 Å². The van der Waals surface area contributed by atoms with Crippen molar-refractivity contribution in [1.82, 2.24) is 29.4 Å². The van der Waals surface area contributed by atoms with Crippen LogP contribution in [0.3, 0.4) is 0 Å². The van der Waals surface area contributed by atoms with Gasteiger partial charge in [0.1, 0.15) is 12.9 Å². The van der Waals surface area contributed by atoms with Gasteiger partial charge in [0.15, 0.2) is 5.65 Å². The molecule has 3 heterocycles. The smallest absolute Gasteiger partial charge is 0.253 e. The van der Waals surface area contributed by atoms with Crippen LogP contribution < -0.4 is 10.9 Å². The van der Waals surface area contributed by atoms with Gasteiger partial charge >= 0.3 is 0 Å². The highest BCUT2D eigenvalue weighted by molar-refractivity contribution is 5.90. The number of anilines is 1. The minimum absolute atomic E-state index is 0.0975. The fourth-order valence-corrected chi connectivity index (χ4v) is 2.60. The molecule has 4 aromatic rings. The zero-order chi connectivity index (χ0) is 18.8. The van der Waals surface area contributed by atoms with Crippen molar-refractivity contribution < 1.29 is 4.79 Å². The Bertz CT molecular complexity index is 1180. The lowest BCUT2D eigenvalue weighted by atomic mass is 10.1. The van der Waals surface area contributed by atoms with Gasteiger partial charge in [-0.1, -0.05) is 12.1 Å². The minimum Gasteiger partial charge on any atom is -0.325 e. The second kappa shape index (κ2) is 6.79. The molecule has 1 aromatic carbocycles. The lowest BCUT2D eigenvalue weighted by Gasteiger charge is -2.08. The van der Waals surface area contributed by atoms with E-state index in [9.17, 15) is 9.59 Å². The van der Waals surface area contributed by atoms with Crippen LogP contribution in [0, 0.1) is 6.92 Å². The second-order valence-electron chi connectivity index (χ2n) is 5.97. The topological polar surface area (TPSA) is 107 Å². The number of aryl methyl sites for hydroxylation is 1. The van der Waals surface area contributed by atoms with E-state index in [-0.39, 0.29) is 18.0 Å². The number of carbonyl (C=O) groups excluding carboxylic acids is 1. The number of hydrogen-bond donors (Lipinski definition) is 1. The van der Waals surface area contributed by atoms with Crippen LogP contribution in [-0.2, 0) is 11.3 Å². The molecule has 0 bridgehead atoms. The van der Waals surface area contributed by atoms with Crippen LogP contribution in [0.4, 0.5) is 5.69 Å². The second-order valence-corrected chi connectivity index (χ2v) is 5.97. The van der Waals surface area contributed by atoms with Gasteiger partial charge in [0, 0.05) is 23.0 Å². The van der Waals surface area contributed by atoms with E-state index >= 15 is 0 Å². The van der Waals surface area contributed by atoms with Crippen LogP contribution in [0.1, 0.15) is 5.69 Å². The number of rotatable bonds is 4. The molecule has 0 saturated carbocycles. The molecular weight excluding hydrogens is 346 g/mol. The summed E-state index contributed by atoms with van der Waals surface area (Å²) in [6.45, 7) is 1.63. The van der Waals surface area contributed by atoms with Gasteiger partial charge < -0.3 is 5.32 Å². The predicted molar refractivity (Wildman–Crippen MR) is 98.1 cm³/mol.